The average Bonchev–Trinajstić information content (AvgIpc) is 3.00. The zero-order chi connectivity index (χ0) is 14.3. The summed E-state index contributed by atoms with van der Waals surface area (Å²) < 4.78 is 7.27. The normalized spacial score (nSPS) is 30.1. The van der Waals surface area contributed by atoms with E-state index in [-0.39, 0.29) is 18.5 Å². The van der Waals surface area contributed by atoms with E-state index in [1.807, 2.05) is 0 Å². The van der Waals surface area contributed by atoms with Gasteiger partial charge in [0.2, 0.25) is 0 Å². The minimum atomic E-state index is -0.842. The highest BCUT2D eigenvalue weighted by Gasteiger charge is 2.44. The fraction of sp³-hybridized carbons (Fsp3) is 0.545. The number of hydrogen-bond donors (Lipinski definition) is 4. The Balaban J connectivity index is 2.01. The monoisotopic (exact) mass is 280 g/mol. The van der Waals surface area contributed by atoms with E-state index in [1.165, 1.54) is 12.7 Å². The Bertz CT molecular complexity index is 617. The van der Waals surface area contributed by atoms with Crippen molar-refractivity contribution in [2.75, 3.05) is 19.4 Å². The molecule has 0 aromatic carbocycles. The Morgan fingerprint density at radius 2 is 2.25 bits per heavy atom. The maximum absolute atomic E-state index is 10.3. The van der Waals surface area contributed by atoms with Crippen LogP contribution in [0.1, 0.15) is 6.23 Å². The summed E-state index contributed by atoms with van der Waals surface area (Å²) in [5.74, 6) is 0.269. The quantitative estimate of drug-likeness (QED) is 0.520. The molecule has 1 saturated heterocycles. The van der Waals surface area contributed by atoms with Crippen LogP contribution in [0.25, 0.3) is 11.2 Å². The largest absolute Gasteiger partial charge is 0.394 e. The number of likely N-dealkylation sites (N-methyl/N-ethyl adjacent to an activating group) is 1. The molecule has 0 aliphatic carbocycles. The molecule has 5 N–H and O–H groups in total. The second kappa shape index (κ2) is 4.94. The number of aliphatic hydroxyl groups excluding tert-OH is 2. The van der Waals surface area contributed by atoms with Crippen molar-refractivity contribution in [1.29, 1.82) is 0 Å². The van der Waals surface area contributed by atoms with Crippen LogP contribution in [0, 0.1) is 0 Å². The van der Waals surface area contributed by atoms with E-state index < -0.39 is 18.4 Å². The number of hydrogen-bond acceptors (Lipinski definition) is 8. The Kier molecular flexibility index (Phi) is 3.26. The first-order valence-electron chi connectivity index (χ1n) is 6.22. The average molecular weight is 280 g/mol. The van der Waals surface area contributed by atoms with Crippen LogP contribution in [0.15, 0.2) is 12.7 Å². The third kappa shape index (κ3) is 1.83. The lowest BCUT2D eigenvalue weighted by Crippen LogP contribution is -2.43. The van der Waals surface area contributed by atoms with Gasteiger partial charge in [-0.1, -0.05) is 0 Å². The molecule has 20 heavy (non-hydrogen) atoms. The van der Waals surface area contributed by atoms with Crippen molar-refractivity contribution in [1.82, 2.24) is 24.8 Å². The number of aromatic nitrogens is 4. The predicted octanol–water partition coefficient (Wildman–Crippen LogP) is -1.75. The molecule has 0 spiro atoms. The van der Waals surface area contributed by atoms with Gasteiger partial charge in [0, 0.05) is 0 Å². The summed E-state index contributed by atoms with van der Waals surface area (Å²) in [6.07, 6.45) is 0.790. The van der Waals surface area contributed by atoms with Gasteiger partial charge in [0.1, 0.15) is 24.1 Å². The van der Waals surface area contributed by atoms with E-state index in [0.29, 0.717) is 11.2 Å². The minimum Gasteiger partial charge on any atom is -0.394 e. The second-order valence-corrected chi connectivity index (χ2v) is 4.64. The van der Waals surface area contributed by atoms with E-state index in [4.69, 9.17) is 10.5 Å². The molecule has 108 valence electrons. The first-order valence-corrected chi connectivity index (χ1v) is 6.22. The van der Waals surface area contributed by atoms with Crippen molar-refractivity contribution in [3.63, 3.8) is 0 Å². The van der Waals surface area contributed by atoms with Crippen molar-refractivity contribution in [3.8, 4) is 0 Å². The number of nitrogens with two attached hydrogens (primary N) is 1. The van der Waals surface area contributed by atoms with Crippen LogP contribution >= 0.6 is 0 Å². The van der Waals surface area contributed by atoms with Gasteiger partial charge < -0.3 is 26.0 Å². The Morgan fingerprint density at radius 1 is 1.45 bits per heavy atom. The fourth-order valence-electron chi connectivity index (χ4n) is 2.54. The summed E-state index contributed by atoms with van der Waals surface area (Å²) in [6, 6.07) is -0.373. The Hall–Kier alpha value is -1.81. The van der Waals surface area contributed by atoms with Crippen LogP contribution in [-0.2, 0) is 4.74 Å². The third-order valence-corrected chi connectivity index (χ3v) is 3.55. The molecule has 3 rings (SSSR count). The van der Waals surface area contributed by atoms with E-state index in [1.54, 1.807) is 11.6 Å². The van der Waals surface area contributed by atoms with Crippen LogP contribution in [-0.4, -0.2) is 61.6 Å². The van der Waals surface area contributed by atoms with Crippen LogP contribution in [0.3, 0.4) is 0 Å². The molecule has 1 aliphatic heterocycles. The molecule has 1 fully saturated rings. The molecule has 9 nitrogen and oxygen atoms in total. The molecule has 4 atom stereocenters. The molecule has 0 radical (unpaired) electrons. The Morgan fingerprint density at radius 3 is 2.90 bits per heavy atom. The highest BCUT2D eigenvalue weighted by molar-refractivity contribution is 5.81. The summed E-state index contributed by atoms with van der Waals surface area (Å²) in [7, 11) is 1.70. The molecular formula is C11H16N6O3. The predicted molar refractivity (Wildman–Crippen MR) is 69.6 cm³/mol. The van der Waals surface area contributed by atoms with Crippen molar-refractivity contribution in [3.05, 3.63) is 12.7 Å². The number of ether oxygens (including phenoxy) is 1. The number of nitrogens with one attached hydrogen (secondary N) is 1. The highest BCUT2D eigenvalue weighted by atomic mass is 16.5. The van der Waals surface area contributed by atoms with Gasteiger partial charge in [-0.2, -0.15) is 0 Å². The lowest BCUT2D eigenvalue weighted by Gasteiger charge is -2.18. The van der Waals surface area contributed by atoms with Crippen molar-refractivity contribution < 1.29 is 14.9 Å². The zero-order valence-electron chi connectivity index (χ0n) is 10.8. The van der Waals surface area contributed by atoms with Crippen LogP contribution in [0.4, 0.5) is 5.82 Å². The lowest BCUT2D eigenvalue weighted by molar-refractivity contribution is -0.0489. The molecule has 9 heteroatoms. The highest BCUT2D eigenvalue weighted by Crippen LogP contribution is 2.31. The maximum atomic E-state index is 10.3. The standard InChI is InChI=1S/C11H16N6O3/c1-13-6-5(2-18)20-11(8(6)19)17-4-16-7-9(12)14-3-15-10(7)17/h3-6,8,11,13,18-19H,2H2,1H3,(H2,12,14,15)/t5-,6+,8-,11+/m1/s1. The molecule has 0 unspecified atom stereocenters. The lowest BCUT2D eigenvalue weighted by atomic mass is 10.1. The number of imidazole rings is 1. The zero-order valence-corrected chi connectivity index (χ0v) is 10.8. The van der Waals surface area contributed by atoms with Crippen molar-refractivity contribution in [2.24, 2.45) is 0 Å². The number of nitrogens with zero attached hydrogens (tertiary/aromatic N) is 4. The number of aliphatic hydroxyl groups is 2. The van der Waals surface area contributed by atoms with Crippen molar-refractivity contribution >= 4 is 17.0 Å². The van der Waals surface area contributed by atoms with Crippen LogP contribution < -0.4 is 11.1 Å². The van der Waals surface area contributed by atoms with Gasteiger partial charge in [-0.3, -0.25) is 4.57 Å². The summed E-state index contributed by atoms with van der Waals surface area (Å²) in [5.41, 5.74) is 6.66. The van der Waals surface area contributed by atoms with Gasteiger partial charge in [0.05, 0.1) is 19.0 Å². The first kappa shape index (κ1) is 13.2. The van der Waals surface area contributed by atoms with Crippen LogP contribution in [0.2, 0.25) is 0 Å². The topological polar surface area (TPSA) is 131 Å². The van der Waals surface area contributed by atoms with E-state index in [2.05, 4.69) is 20.3 Å². The van der Waals surface area contributed by atoms with E-state index >= 15 is 0 Å². The number of nitrogen functional groups attached to an aromatic ring is 1. The summed E-state index contributed by atoms with van der Waals surface area (Å²) in [4.78, 5) is 12.1. The summed E-state index contributed by atoms with van der Waals surface area (Å²) >= 11 is 0. The van der Waals surface area contributed by atoms with Gasteiger partial charge in [-0.15, -0.1) is 0 Å². The third-order valence-electron chi connectivity index (χ3n) is 3.55. The molecule has 0 saturated carbocycles. The first-order chi connectivity index (χ1) is 9.67. The van der Waals surface area contributed by atoms with Gasteiger partial charge in [-0.05, 0) is 7.05 Å². The van der Waals surface area contributed by atoms with E-state index in [9.17, 15) is 10.2 Å². The molecule has 2 aromatic heterocycles. The number of fused-ring (bicyclic) bond motifs is 1. The molecule has 2 aromatic rings. The molecule has 0 amide bonds. The maximum Gasteiger partial charge on any atom is 0.167 e. The summed E-state index contributed by atoms with van der Waals surface area (Å²) in [6.45, 7) is -0.192. The number of anilines is 1. The second-order valence-electron chi connectivity index (χ2n) is 4.64. The van der Waals surface area contributed by atoms with Crippen LogP contribution in [0.5, 0.6) is 0 Å². The SMILES string of the molecule is CN[C@@H]1[C@@H](O)[C@@H](n2cnc3c(N)ncnc32)O[C@@H]1CO. The number of rotatable bonds is 3. The molecule has 3 heterocycles. The van der Waals surface area contributed by atoms with Gasteiger partial charge in [0.25, 0.3) is 0 Å². The Labute approximate surface area is 114 Å². The smallest absolute Gasteiger partial charge is 0.167 e. The molecular weight excluding hydrogens is 264 g/mol. The molecule has 0 bridgehead atoms. The van der Waals surface area contributed by atoms with E-state index in [0.717, 1.165) is 0 Å². The van der Waals surface area contributed by atoms with Gasteiger partial charge >= 0.3 is 0 Å². The molecule has 1 aliphatic rings. The summed E-state index contributed by atoms with van der Waals surface area (Å²) in [5, 5.41) is 22.6. The van der Waals surface area contributed by atoms with Gasteiger partial charge in [0.15, 0.2) is 17.7 Å². The fourth-order valence-corrected chi connectivity index (χ4v) is 2.54. The van der Waals surface area contributed by atoms with Gasteiger partial charge in [-0.25, -0.2) is 15.0 Å². The van der Waals surface area contributed by atoms with Crippen molar-refractivity contribution in [2.45, 2.75) is 24.5 Å². The minimum absolute atomic E-state index is 0.192.